The van der Waals surface area contributed by atoms with Gasteiger partial charge >= 0.3 is 0 Å². The lowest BCUT2D eigenvalue weighted by molar-refractivity contribution is 0.418. The Kier molecular flexibility index (Phi) is 2.66. The molecule has 0 saturated carbocycles. The van der Waals surface area contributed by atoms with Crippen molar-refractivity contribution in [2.24, 2.45) is 0 Å². The highest BCUT2D eigenvalue weighted by molar-refractivity contribution is 7.79. The Balaban J connectivity index is 2.83. The molecule has 1 heterocycles. The average molecular weight is 223 g/mol. The average Bonchev–Trinajstić information content (AvgIpc) is 2.27. The number of rotatable bonds is 2. The van der Waals surface area contributed by atoms with E-state index in [4.69, 9.17) is 9.29 Å². The van der Waals surface area contributed by atoms with Crippen molar-refractivity contribution >= 4 is 22.0 Å². The fourth-order valence-corrected chi connectivity index (χ4v) is 1.97. The molecule has 1 atom stereocenters. The van der Waals surface area contributed by atoms with E-state index in [1.54, 1.807) is 37.6 Å². The van der Waals surface area contributed by atoms with Crippen LogP contribution in [0.4, 0.5) is 0 Å². The third-order valence-corrected chi connectivity index (χ3v) is 2.83. The molecular weight excluding hydrogens is 214 g/mol. The van der Waals surface area contributed by atoms with Gasteiger partial charge < -0.3 is 9.29 Å². The van der Waals surface area contributed by atoms with Gasteiger partial charge in [0.2, 0.25) is 0 Å². The summed E-state index contributed by atoms with van der Waals surface area (Å²) in [4.78, 5) is 4.47. The molecule has 0 bridgehead atoms. The van der Waals surface area contributed by atoms with Gasteiger partial charge in [-0.15, -0.1) is 0 Å². The van der Waals surface area contributed by atoms with Crippen LogP contribution in [-0.4, -0.2) is 20.9 Å². The van der Waals surface area contributed by atoms with Gasteiger partial charge in [-0.25, -0.2) is 4.21 Å². The van der Waals surface area contributed by atoms with E-state index in [1.165, 1.54) is 0 Å². The van der Waals surface area contributed by atoms with Crippen molar-refractivity contribution in [1.29, 1.82) is 0 Å². The Hall–Kier alpha value is -1.46. The van der Waals surface area contributed by atoms with Gasteiger partial charge in [-0.1, -0.05) is 0 Å². The minimum absolute atomic E-state index is 0.346. The van der Waals surface area contributed by atoms with Crippen LogP contribution < -0.4 is 4.74 Å². The molecule has 5 heteroatoms. The summed E-state index contributed by atoms with van der Waals surface area (Å²) in [5.74, 6) is 0.597. The van der Waals surface area contributed by atoms with Gasteiger partial charge in [0.15, 0.2) is 11.1 Å². The Morgan fingerprint density at radius 1 is 1.40 bits per heavy atom. The van der Waals surface area contributed by atoms with Crippen molar-refractivity contribution in [2.45, 2.75) is 4.90 Å². The molecule has 2 aromatic rings. The van der Waals surface area contributed by atoms with E-state index < -0.39 is 11.1 Å². The first kappa shape index (κ1) is 10.1. The molecule has 4 nitrogen and oxygen atoms in total. The minimum atomic E-state index is -2.01. The van der Waals surface area contributed by atoms with Gasteiger partial charge in [0.1, 0.15) is 11.3 Å². The summed E-state index contributed by atoms with van der Waals surface area (Å²) < 4.78 is 25.3. The fraction of sp³-hybridized carbons (Fsp3) is 0.100. The number of hydrogen-bond donors (Lipinski definition) is 1. The molecule has 1 unspecified atom stereocenters. The molecule has 2 rings (SSSR count). The Morgan fingerprint density at radius 2 is 2.20 bits per heavy atom. The summed E-state index contributed by atoms with van der Waals surface area (Å²) in [7, 11) is 1.54. The maximum atomic E-state index is 11.1. The number of nitrogens with zero attached hydrogens (tertiary/aromatic N) is 1. The molecule has 0 aliphatic heterocycles. The molecule has 1 aromatic carbocycles. The second-order valence-electron chi connectivity index (χ2n) is 2.91. The van der Waals surface area contributed by atoms with Gasteiger partial charge in [-0.05, 0) is 24.3 Å². The van der Waals surface area contributed by atoms with Crippen LogP contribution in [0.2, 0.25) is 0 Å². The Bertz CT molecular complexity index is 527. The number of fused-ring (bicyclic) bond motifs is 1. The van der Waals surface area contributed by atoms with Crippen LogP contribution in [0.25, 0.3) is 10.9 Å². The molecule has 15 heavy (non-hydrogen) atoms. The molecule has 1 N–H and O–H groups in total. The third-order valence-electron chi connectivity index (χ3n) is 2.10. The Morgan fingerprint density at radius 3 is 2.87 bits per heavy atom. The molecule has 0 radical (unpaired) electrons. The molecule has 0 aliphatic carbocycles. The van der Waals surface area contributed by atoms with E-state index in [0.717, 1.165) is 0 Å². The van der Waals surface area contributed by atoms with Crippen LogP contribution in [0.1, 0.15) is 0 Å². The topological polar surface area (TPSA) is 59.4 Å². The van der Waals surface area contributed by atoms with Crippen molar-refractivity contribution in [2.75, 3.05) is 7.11 Å². The zero-order valence-corrected chi connectivity index (χ0v) is 8.82. The summed E-state index contributed by atoms with van der Waals surface area (Å²) in [6, 6.07) is 6.67. The standard InChI is InChI=1S/C10H9NO3S/c1-14-8-4-5-9(15(12)13)7-3-2-6-11-10(7)8/h2-6H,1H3,(H,12,13). The summed E-state index contributed by atoms with van der Waals surface area (Å²) in [6.45, 7) is 0. The SMILES string of the molecule is COc1ccc(S(=O)O)c2cccnc12. The summed E-state index contributed by atoms with van der Waals surface area (Å²) in [6.07, 6.45) is 1.62. The predicted molar refractivity (Wildman–Crippen MR) is 57.3 cm³/mol. The lowest BCUT2D eigenvalue weighted by Crippen LogP contribution is -1.94. The van der Waals surface area contributed by atoms with Crippen LogP contribution in [0.3, 0.4) is 0 Å². The smallest absolute Gasteiger partial charge is 0.187 e. The van der Waals surface area contributed by atoms with Crippen LogP contribution in [0.15, 0.2) is 35.4 Å². The van der Waals surface area contributed by atoms with Crippen LogP contribution in [0, 0.1) is 0 Å². The molecule has 0 fully saturated rings. The first-order valence-electron chi connectivity index (χ1n) is 4.26. The molecule has 78 valence electrons. The summed E-state index contributed by atoms with van der Waals surface area (Å²) in [5, 5.41) is 0.637. The number of methoxy groups -OCH3 is 1. The highest BCUT2D eigenvalue weighted by Crippen LogP contribution is 2.27. The lowest BCUT2D eigenvalue weighted by atomic mass is 10.2. The molecule has 1 aromatic heterocycles. The number of ether oxygens (including phenoxy) is 1. The van der Waals surface area contributed by atoms with Crippen molar-refractivity contribution < 1.29 is 13.5 Å². The van der Waals surface area contributed by atoms with Gasteiger partial charge in [0.25, 0.3) is 0 Å². The van der Waals surface area contributed by atoms with E-state index >= 15 is 0 Å². The van der Waals surface area contributed by atoms with Crippen molar-refractivity contribution in [1.82, 2.24) is 4.98 Å². The van der Waals surface area contributed by atoms with Crippen LogP contribution in [-0.2, 0) is 11.1 Å². The number of benzene rings is 1. The maximum Gasteiger partial charge on any atom is 0.187 e. The van der Waals surface area contributed by atoms with E-state index in [2.05, 4.69) is 4.98 Å². The van der Waals surface area contributed by atoms with Gasteiger partial charge in [-0.2, -0.15) is 0 Å². The van der Waals surface area contributed by atoms with Crippen molar-refractivity contribution in [3.05, 3.63) is 30.5 Å². The molecule has 0 spiro atoms. The largest absolute Gasteiger partial charge is 0.494 e. The summed E-state index contributed by atoms with van der Waals surface area (Å²) >= 11 is -2.01. The van der Waals surface area contributed by atoms with Gasteiger partial charge in [-0.3, -0.25) is 4.98 Å². The van der Waals surface area contributed by atoms with Gasteiger partial charge in [0.05, 0.1) is 12.0 Å². The second kappa shape index (κ2) is 3.96. The minimum Gasteiger partial charge on any atom is -0.494 e. The third kappa shape index (κ3) is 1.71. The van der Waals surface area contributed by atoms with E-state index in [0.29, 0.717) is 21.5 Å². The van der Waals surface area contributed by atoms with Crippen molar-refractivity contribution in [3.63, 3.8) is 0 Å². The predicted octanol–water partition coefficient (Wildman–Crippen LogP) is 1.82. The first-order chi connectivity index (χ1) is 7.24. The van der Waals surface area contributed by atoms with Crippen molar-refractivity contribution in [3.8, 4) is 5.75 Å². The summed E-state index contributed by atoms with van der Waals surface area (Å²) in [5.41, 5.74) is 0.597. The number of hydrogen-bond acceptors (Lipinski definition) is 3. The van der Waals surface area contributed by atoms with Gasteiger partial charge in [0, 0.05) is 11.6 Å². The van der Waals surface area contributed by atoms with E-state index in [1.807, 2.05) is 0 Å². The maximum absolute atomic E-state index is 11.1. The zero-order chi connectivity index (χ0) is 10.8. The number of pyridine rings is 1. The quantitative estimate of drug-likeness (QED) is 0.789. The normalized spacial score (nSPS) is 12.7. The van der Waals surface area contributed by atoms with E-state index in [9.17, 15) is 4.21 Å². The molecule has 0 aliphatic rings. The fourth-order valence-electron chi connectivity index (χ4n) is 1.44. The molecule has 0 amide bonds. The molecular formula is C10H9NO3S. The number of aromatic nitrogens is 1. The first-order valence-corrected chi connectivity index (χ1v) is 5.37. The lowest BCUT2D eigenvalue weighted by Gasteiger charge is -2.06. The monoisotopic (exact) mass is 223 g/mol. The molecule has 0 saturated heterocycles. The highest BCUT2D eigenvalue weighted by atomic mass is 32.2. The zero-order valence-electron chi connectivity index (χ0n) is 8.01. The second-order valence-corrected chi connectivity index (χ2v) is 3.85. The van der Waals surface area contributed by atoms with E-state index in [-0.39, 0.29) is 0 Å². The highest BCUT2D eigenvalue weighted by Gasteiger charge is 2.10. The van der Waals surface area contributed by atoms with Crippen LogP contribution >= 0.6 is 0 Å². The Labute approximate surface area is 89.2 Å². The van der Waals surface area contributed by atoms with Crippen LogP contribution in [0.5, 0.6) is 5.75 Å².